The Kier molecular flexibility index (Phi) is 3.37. The van der Waals surface area contributed by atoms with Crippen molar-refractivity contribution in [2.75, 3.05) is 7.05 Å². The monoisotopic (exact) mass is 212 g/mol. The number of hydrogen-bond acceptors (Lipinski definition) is 4. The van der Waals surface area contributed by atoms with Gasteiger partial charge in [0.1, 0.15) is 12.4 Å². The first-order valence-corrected chi connectivity index (χ1v) is 4.43. The molecule has 0 aliphatic rings. The molecular formula is C8H12N4O3. The van der Waals surface area contributed by atoms with Gasteiger partial charge in [-0.1, -0.05) is 6.92 Å². The van der Waals surface area contributed by atoms with Crippen LogP contribution >= 0.6 is 0 Å². The number of aromatic nitrogens is 2. The predicted molar refractivity (Wildman–Crippen MR) is 52.1 cm³/mol. The molecule has 1 heterocycles. The van der Waals surface area contributed by atoms with E-state index < -0.39 is 4.92 Å². The SMILES string of the molecule is CNC(=O)C(C)Cn1cc([N+](=O)[O-])cn1. The number of nitro groups is 1. The van der Waals surface area contributed by atoms with E-state index >= 15 is 0 Å². The molecular weight excluding hydrogens is 200 g/mol. The Hall–Kier alpha value is -1.92. The Bertz CT molecular complexity index is 374. The van der Waals surface area contributed by atoms with Crippen LogP contribution in [0.3, 0.4) is 0 Å². The summed E-state index contributed by atoms with van der Waals surface area (Å²) >= 11 is 0. The maximum atomic E-state index is 11.2. The van der Waals surface area contributed by atoms with Gasteiger partial charge in [0.05, 0.1) is 17.4 Å². The molecule has 1 N–H and O–H groups in total. The number of carbonyl (C=O) groups excluding carboxylic acids is 1. The van der Waals surface area contributed by atoms with Crippen molar-refractivity contribution in [2.45, 2.75) is 13.5 Å². The molecule has 0 bridgehead atoms. The summed E-state index contributed by atoms with van der Waals surface area (Å²) in [5.74, 6) is -0.386. The van der Waals surface area contributed by atoms with Crippen LogP contribution < -0.4 is 5.32 Å². The van der Waals surface area contributed by atoms with Crippen LogP contribution in [0.2, 0.25) is 0 Å². The van der Waals surface area contributed by atoms with E-state index in [1.54, 1.807) is 14.0 Å². The van der Waals surface area contributed by atoms with E-state index in [0.717, 1.165) is 6.20 Å². The number of nitrogens with zero attached hydrogens (tertiary/aromatic N) is 3. The average molecular weight is 212 g/mol. The molecule has 0 saturated heterocycles. The number of amides is 1. The Balaban J connectivity index is 2.65. The zero-order chi connectivity index (χ0) is 11.4. The van der Waals surface area contributed by atoms with E-state index in [9.17, 15) is 14.9 Å². The zero-order valence-electron chi connectivity index (χ0n) is 8.51. The lowest BCUT2D eigenvalue weighted by Gasteiger charge is -2.08. The topological polar surface area (TPSA) is 90.1 Å². The summed E-state index contributed by atoms with van der Waals surface area (Å²) in [6.07, 6.45) is 2.47. The van der Waals surface area contributed by atoms with Gasteiger partial charge in [-0.3, -0.25) is 19.6 Å². The van der Waals surface area contributed by atoms with Crippen molar-refractivity contribution in [3.05, 3.63) is 22.5 Å². The van der Waals surface area contributed by atoms with Crippen LogP contribution in [0.1, 0.15) is 6.92 Å². The number of rotatable bonds is 4. The van der Waals surface area contributed by atoms with Crippen molar-refractivity contribution in [2.24, 2.45) is 5.92 Å². The quantitative estimate of drug-likeness (QED) is 0.569. The molecule has 0 radical (unpaired) electrons. The molecule has 0 saturated carbocycles. The zero-order valence-corrected chi connectivity index (χ0v) is 8.51. The molecule has 7 heteroatoms. The highest BCUT2D eigenvalue weighted by Crippen LogP contribution is 2.09. The average Bonchev–Trinajstić information content (AvgIpc) is 2.65. The molecule has 1 rings (SSSR count). The van der Waals surface area contributed by atoms with E-state index in [0.29, 0.717) is 6.54 Å². The highest BCUT2D eigenvalue weighted by molar-refractivity contribution is 5.77. The Labute approximate surface area is 86.2 Å². The van der Waals surface area contributed by atoms with E-state index in [-0.39, 0.29) is 17.5 Å². The van der Waals surface area contributed by atoms with Crippen LogP contribution in [0.15, 0.2) is 12.4 Å². The minimum Gasteiger partial charge on any atom is -0.359 e. The van der Waals surface area contributed by atoms with Gasteiger partial charge >= 0.3 is 5.69 Å². The minimum absolute atomic E-state index is 0.0703. The molecule has 82 valence electrons. The second-order valence-electron chi connectivity index (χ2n) is 3.19. The predicted octanol–water partition coefficient (Wildman–Crippen LogP) is 0.173. The normalized spacial score (nSPS) is 12.1. The first kappa shape index (κ1) is 11.2. The van der Waals surface area contributed by atoms with Gasteiger partial charge < -0.3 is 5.32 Å². The summed E-state index contributed by atoms with van der Waals surface area (Å²) in [6.45, 7) is 2.06. The number of hydrogen-bond donors (Lipinski definition) is 1. The molecule has 1 atom stereocenters. The van der Waals surface area contributed by atoms with E-state index in [2.05, 4.69) is 10.4 Å². The lowest BCUT2D eigenvalue weighted by atomic mass is 10.2. The third-order valence-corrected chi connectivity index (χ3v) is 1.99. The molecule has 0 spiro atoms. The van der Waals surface area contributed by atoms with Crippen LogP contribution in [0, 0.1) is 16.0 Å². The molecule has 1 amide bonds. The van der Waals surface area contributed by atoms with Crippen LogP contribution in [0.25, 0.3) is 0 Å². The fourth-order valence-electron chi connectivity index (χ4n) is 1.16. The fraction of sp³-hybridized carbons (Fsp3) is 0.500. The lowest BCUT2D eigenvalue weighted by molar-refractivity contribution is -0.385. The molecule has 0 aliphatic heterocycles. The fourth-order valence-corrected chi connectivity index (χ4v) is 1.16. The number of carbonyl (C=O) groups is 1. The third kappa shape index (κ3) is 2.76. The Morgan fingerprint density at radius 3 is 2.93 bits per heavy atom. The van der Waals surface area contributed by atoms with Gasteiger partial charge in [0.2, 0.25) is 5.91 Å². The van der Waals surface area contributed by atoms with Crippen molar-refractivity contribution >= 4 is 11.6 Å². The maximum Gasteiger partial charge on any atom is 0.306 e. The maximum absolute atomic E-state index is 11.2. The van der Waals surface area contributed by atoms with Crippen molar-refractivity contribution in [1.82, 2.24) is 15.1 Å². The highest BCUT2D eigenvalue weighted by Gasteiger charge is 2.14. The summed E-state index contributed by atoms with van der Waals surface area (Å²) in [4.78, 5) is 21.0. The molecule has 15 heavy (non-hydrogen) atoms. The van der Waals surface area contributed by atoms with Crippen LogP contribution in [0.4, 0.5) is 5.69 Å². The lowest BCUT2D eigenvalue weighted by Crippen LogP contribution is -2.28. The third-order valence-electron chi connectivity index (χ3n) is 1.99. The van der Waals surface area contributed by atoms with Crippen molar-refractivity contribution in [1.29, 1.82) is 0 Å². The van der Waals surface area contributed by atoms with Crippen molar-refractivity contribution in [3.63, 3.8) is 0 Å². The smallest absolute Gasteiger partial charge is 0.306 e. The largest absolute Gasteiger partial charge is 0.359 e. The van der Waals surface area contributed by atoms with Gasteiger partial charge in [0.15, 0.2) is 0 Å². The molecule has 1 aromatic heterocycles. The molecule has 1 unspecified atom stereocenters. The van der Waals surface area contributed by atoms with Crippen molar-refractivity contribution in [3.8, 4) is 0 Å². The first-order valence-electron chi connectivity index (χ1n) is 4.43. The molecule has 7 nitrogen and oxygen atoms in total. The van der Waals surface area contributed by atoms with E-state index in [1.165, 1.54) is 10.9 Å². The minimum atomic E-state index is -0.520. The van der Waals surface area contributed by atoms with E-state index in [1.807, 2.05) is 0 Å². The molecule has 0 aromatic carbocycles. The first-order chi connectivity index (χ1) is 7.04. The molecule has 0 fully saturated rings. The van der Waals surface area contributed by atoms with Gasteiger partial charge in [0.25, 0.3) is 0 Å². The summed E-state index contributed by atoms with van der Waals surface area (Å²) in [5, 5.41) is 16.7. The molecule has 1 aromatic rings. The highest BCUT2D eigenvalue weighted by atomic mass is 16.6. The Morgan fingerprint density at radius 2 is 2.47 bits per heavy atom. The summed E-state index contributed by atoms with van der Waals surface area (Å²) in [6, 6.07) is 0. The van der Waals surface area contributed by atoms with Gasteiger partial charge in [-0.15, -0.1) is 0 Å². The van der Waals surface area contributed by atoms with Crippen LogP contribution in [-0.4, -0.2) is 27.7 Å². The van der Waals surface area contributed by atoms with Crippen molar-refractivity contribution < 1.29 is 9.72 Å². The molecule has 0 aliphatic carbocycles. The van der Waals surface area contributed by atoms with Crippen LogP contribution in [-0.2, 0) is 11.3 Å². The van der Waals surface area contributed by atoms with Gasteiger partial charge in [0, 0.05) is 7.05 Å². The summed E-state index contributed by atoms with van der Waals surface area (Å²) < 4.78 is 1.39. The van der Waals surface area contributed by atoms with Gasteiger partial charge in [-0.25, -0.2) is 0 Å². The summed E-state index contributed by atoms with van der Waals surface area (Å²) in [5.41, 5.74) is -0.0703. The standard InChI is InChI=1S/C8H12N4O3/c1-6(8(13)9-2)4-11-5-7(3-10-11)12(14)15/h3,5-6H,4H2,1-2H3,(H,9,13). The van der Waals surface area contributed by atoms with Gasteiger partial charge in [-0.05, 0) is 0 Å². The Morgan fingerprint density at radius 1 is 1.80 bits per heavy atom. The summed E-state index contributed by atoms with van der Waals surface area (Å²) in [7, 11) is 1.55. The van der Waals surface area contributed by atoms with Gasteiger partial charge in [-0.2, -0.15) is 5.10 Å². The number of nitrogens with one attached hydrogen (secondary N) is 1. The second kappa shape index (κ2) is 4.54. The second-order valence-corrected chi connectivity index (χ2v) is 3.19. The van der Waals surface area contributed by atoms with E-state index in [4.69, 9.17) is 0 Å². The van der Waals surface area contributed by atoms with Crippen LogP contribution in [0.5, 0.6) is 0 Å².